The van der Waals surface area contributed by atoms with E-state index in [1.165, 1.54) is 6.92 Å². The van der Waals surface area contributed by atoms with Gasteiger partial charge in [-0.25, -0.2) is 8.78 Å². The molecule has 1 aromatic carbocycles. The Morgan fingerprint density at radius 2 is 1.86 bits per heavy atom. The molecule has 0 spiro atoms. The first-order valence-electron chi connectivity index (χ1n) is 4.36. The molecule has 0 saturated heterocycles. The Morgan fingerprint density at radius 1 is 1.36 bits per heavy atom. The van der Waals surface area contributed by atoms with Crippen molar-refractivity contribution in [2.75, 3.05) is 6.61 Å². The summed E-state index contributed by atoms with van der Waals surface area (Å²) in [5.74, 6) is -1.97. The number of rotatable bonds is 3. The van der Waals surface area contributed by atoms with Crippen molar-refractivity contribution in [1.29, 1.82) is 0 Å². The van der Waals surface area contributed by atoms with E-state index < -0.39 is 23.5 Å². The third-order valence-electron chi connectivity index (χ3n) is 1.79. The van der Waals surface area contributed by atoms with Gasteiger partial charge in [0.25, 0.3) is 0 Å². The van der Waals surface area contributed by atoms with Crippen molar-refractivity contribution in [2.24, 2.45) is 0 Å². The second-order valence-electron chi connectivity index (χ2n) is 2.92. The predicted octanol–water partition coefficient (Wildman–Crippen LogP) is 2.42. The Balaban J connectivity index is 3.11. The molecule has 0 aliphatic carbocycles. The number of aliphatic hydroxyl groups is 1. The Bertz CT molecular complexity index is 301. The molecule has 0 aliphatic rings. The SMILES string of the molecule is CCOc1c(F)cc([C@@H](C)O)cc1F. The summed E-state index contributed by atoms with van der Waals surface area (Å²) in [7, 11) is 0. The Kier molecular flexibility index (Phi) is 3.41. The van der Waals surface area contributed by atoms with Crippen LogP contribution in [0, 0.1) is 11.6 Å². The van der Waals surface area contributed by atoms with Crippen LogP contribution in [0.25, 0.3) is 0 Å². The first-order chi connectivity index (χ1) is 6.56. The van der Waals surface area contributed by atoms with Crippen LogP contribution in [-0.4, -0.2) is 11.7 Å². The molecule has 78 valence electrons. The minimum atomic E-state index is -0.894. The van der Waals surface area contributed by atoms with Gasteiger partial charge in [-0.1, -0.05) is 0 Å². The van der Waals surface area contributed by atoms with Gasteiger partial charge in [-0.2, -0.15) is 0 Å². The highest BCUT2D eigenvalue weighted by atomic mass is 19.1. The normalized spacial score (nSPS) is 12.6. The zero-order chi connectivity index (χ0) is 10.7. The van der Waals surface area contributed by atoms with Gasteiger partial charge in [0.1, 0.15) is 0 Å². The first kappa shape index (κ1) is 10.9. The third kappa shape index (κ3) is 2.20. The molecule has 4 heteroatoms. The first-order valence-corrected chi connectivity index (χ1v) is 4.36. The fraction of sp³-hybridized carbons (Fsp3) is 0.400. The molecule has 1 atom stereocenters. The van der Waals surface area contributed by atoms with Crippen LogP contribution in [0.4, 0.5) is 8.78 Å². The average molecular weight is 202 g/mol. The molecule has 14 heavy (non-hydrogen) atoms. The van der Waals surface area contributed by atoms with E-state index in [0.717, 1.165) is 12.1 Å². The zero-order valence-electron chi connectivity index (χ0n) is 8.05. The van der Waals surface area contributed by atoms with E-state index in [0.29, 0.717) is 0 Å². The monoisotopic (exact) mass is 202 g/mol. The molecule has 0 radical (unpaired) electrons. The topological polar surface area (TPSA) is 29.5 Å². The molecule has 1 aromatic rings. The van der Waals surface area contributed by atoms with E-state index in [1.807, 2.05) is 0 Å². The van der Waals surface area contributed by atoms with Crippen LogP contribution in [0.2, 0.25) is 0 Å². The maximum Gasteiger partial charge on any atom is 0.190 e. The molecule has 0 fully saturated rings. The molecule has 2 nitrogen and oxygen atoms in total. The van der Waals surface area contributed by atoms with E-state index in [2.05, 4.69) is 0 Å². The molecule has 0 heterocycles. The van der Waals surface area contributed by atoms with E-state index >= 15 is 0 Å². The van der Waals surface area contributed by atoms with Crippen LogP contribution in [0.3, 0.4) is 0 Å². The summed E-state index contributed by atoms with van der Waals surface area (Å²) >= 11 is 0. The molecule has 0 bridgehead atoms. The van der Waals surface area contributed by atoms with Crippen molar-refractivity contribution in [1.82, 2.24) is 0 Å². The summed E-state index contributed by atoms with van der Waals surface area (Å²) in [6, 6.07) is 2.14. The molecule has 0 saturated carbocycles. The average Bonchev–Trinajstić information content (AvgIpc) is 2.10. The summed E-state index contributed by atoms with van der Waals surface area (Å²) in [5, 5.41) is 9.12. The van der Waals surface area contributed by atoms with Gasteiger partial charge < -0.3 is 9.84 Å². The number of benzene rings is 1. The molecule has 1 N–H and O–H groups in total. The standard InChI is InChI=1S/C10H12F2O2/c1-3-14-10-8(11)4-7(6(2)13)5-9(10)12/h4-6,13H,3H2,1-2H3/t6-/m1/s1. The molecular weight excluding hydrogens is 190 g/mol. The number of hydrogen-bond donors (Lipinski definition) is 1. The Morgan fingerprint density at radius 3 is 2.21 bits per heavy atom. The van der Waals surface area contributed by atoms with E-state index in [1.54, 1.807) is 6.92 Å². The Labute approximate surface area is 81.1 Å². The van der Waals surface area contributed by atoms with Gasteiger partial charge in [-0.15, -0.1) is 0 Å². The second kappa shape index (κ2) is 4.37. The fourth-order valence-electron chi connectivity index (χ4n) is 1.10. The quantitative estimate of drug-likeness (QED) is 0.815. The minimum absolute atomic E-state index is 0.196. The molecular formula is C10H12F2O2. The zero-order valence-corrected chi connectivity index (χ0v) is 8.05. The predicted molar refractivity (Wildman–Crippen MR) is 48.2 cm³/mol. The molecule has 0 aromatic heterocycles. The summed E-state index contributed by atoms with van der Waals surface area (Å²) < 4.78 is 31.1. The highest BCUT2D eigenvalue weighted by molar-refractivity contribution is 5.32. The van der Waals surface area contributed by atoms with Crippen molar-refractivity contribution in [2.45, 2.75) is 20.0 Å². The molecule has 1 rings (SSSR count). The van der Waals surface area contributed by atoms with Gasteiger partial charge in [0.05, 0.1) is 12.7 Å². The van der Waals surface area contributed by atoms with Crippen LogP contribution >= 0.6 is 0 Å². The maximum atomic E-state index is 13.2. The number of hydrogen-bond acceptors (Lipinski definition) is 2. The number of ether oxygens (including phenoxy) is 1. The third-order valence-corrected chi connectivity index (χ3v) is 1.79. The highest BCUT2D eigenvalue weighted by Crippen LogP contribution is 2.25. The van der Waals surface area contributed by atoms with Gasteiger partial charge >= 0.3 is 0 Å². The van der Waals surface area contributed by atoms with E-state index in [9.17, 15) is 8.78 Å². The van der Waals surface area contributed by atoms with Crippen LogP contribution in [0.5, 0.6) is 5.75 Å². The lowest BCUT2D eigenvalue weighted by Gasteiger charge is -2.09. The van der Waals surface area contributed by atoms with Crippen LogP contribution in [0.1, 0.15) is 25.5 Å². The molecule has 0 unspecified atom stereocenters. The number of aliphatic hydroxyl groups excluding tert-OH is 1. The minimum Gasteiger partial charge on any atom is -0.488 e. The Hall–Kier alpha value is -1.16. The highest BCUT2D eigenvalue weighted by Gasteiger charge is 2.13. The van der Waals surface area contributed by atoms with Crippen LogP contribution in [0.15, 0.2) is 12.1 Å². The lowest BCUT2D eigenvalue weighted by molar-refractivity contribution is 0.197. The van der Waals surface area contributed by atoms with Gasteiger partial charge in [0.15, 0.2) is 17.4 Å². The second-order valence-corrected chi connectivity index (χ2v) is 2.92. The molecule has 0 aliphatic heterocycles. The van der Waals surface area contributed by atoms with E-state index in [4.69, 9.17) is 9.84 Å². The summed E-state index contributed by atoms with van der Waals surface area (Å²) in [6.07, 6.45) is -0.894. The number of halogens is 2. The van der Waals surface area contributed by atoms with Gasteiger partial charge in [-0.05, 0) is 31.5 Å². The summed E-state index contributed by atoms with van der Waals surface area (Å²) in [6.45, 7) is 3.28. The van der Waals surface area contributed by atoms with Gasteiger partial charge in [-0.3, -0.25) is 0 Å². The lowest BCUT2D eigenvalue weighted by atomic mass is 10.1. The van der Waals surface area contributed by atoms with Crippen LogP contribution < -0.4 is 4.74 Å². The molecule has 0 amide bonds. The summed E-state index contributed by atoms with van der Waals surface area (Å²) in [4.78, 5) is 0. The van der Waals surface area contributed by atoms with E-state index in [-0.39, 0.29) is 12.2 Å². The lowest BCUT2D eigenvalue weighted by Crippen LogP contribution is -2.01. The van der Waals surface area contributed by atoms with Gasteiger partial charge in [0.2, 0.25) is 0 Å². The fourth-order valence-corrected chi connectivity index (χ4v) is 1.10. The van der Waals surface area contributed by atoms with Crippen molar-refractivity contribution >= 4 is 0 Å². The maximum absolute atomic E-state index is 13.2. The van der Waals surface area contributed by atoms with Crippen molar-refractivity contribution in [3.8, 4) is 5.75 Å². The smallest absolute Gasteiger partial charge is 0.190 e. The van der Waals surface area contributed by atoms with Crippen molar-refractivity contribution in [3.63, 3.8) is 0 Å². The largest absolute Gasteiger partial charge is 0.488 e. The summed E-state index contributed by atoms with van der Waals surface area (Å²) in [5.41, 5.74) is 0.198. The van der Waals surface area contributed by atoms with Crippen LogP contribution in [-0.2, 0) is 0 Å². The van der Waals surface area contributed by atoms with Crippen molar-refractivity contribution in [3.05, 3.63) is 29.3 Å². The van der Waals surface area contributed by atoms with Crippen molar-refractivity contribution < 1.29 is 18.6 Å². The van der Waals surface area contributed by atoms with Gasteiger partial charge in [0, 0.05) is 0 Å².